The van der Waals surface area contributed by atoms with Crippen molar-refractivity contribution in [2.24, 2.45) is 5.73 Å². The van der Waals surface area contributed by atoms with Gasteiger partial charge in [0.25, 0.3) is 0 Å². The molecular weight excluding hydrogens is 245 g/mol. The van der Waals surface area contributed by atoms with Gasteiger partial charge < -0.3 is 15.2 Å². The van der Waals surface area contributed by atoms with Gasteiger partial charge in [0.1, 0.15) is 12.4 Å². The largest absolute Gasteiger partial charge is 0.494 e. The summed E-state index contributed by atoms with van der Waals surface area (Å²) in [5.74, 6) is 0.461. The van der Waals surface area contributed by atoms with E-state index < -0.39 is 11.9 Å². The molecule has 4 heteroatoms. The highest BCUT2D eigenvalue weighted by Gasteiger charge is 2.15. The van der Waals surface area contributed by atoms with Gasteiger partial charge in [-0.1, -0.05) is 30.3 Å². The molecule has 2 rings (SSSR count). The summed E-state index contributed by atoms with van der Waals surface area (Å²) in [4.78, 5) is 0. The molecule has 0 radical (unpaired) electrons. The first-order chi connectivity index (χ1) is 9.22. The highest BCUT2D eigenvalue weighted by molar-refractivity contribution is 5.33. The Labute approximate surface area is 111 Å². The minimum absolute atomic E-state index is 0.188. The lowest BCUT2D eigenvalue weighted by molar-refractivity contribution is 0.286. The zero-order chi connectivity index (χ0) is 13.7. The van der Waals surface area contributed by atoms with E-state index in [-0.39, 0.29) is 12.4 Å². The highest BCUT2D eigenvalue weighted by atomic mass is 19.1. The van der Waals surface area contributed by atoms with Crippen LogP contribution in [0.4, 0.5) is 4.39 Å². The summed E-state index contributed by atoms with van der Waals surface area (Å²) in [5.41, 5.74) is 6.33. The molecule has 0 bridgehead atoms. The van der Waals surface area contributed by atoms with Gasteiger partial charge in [-0.3, -0.25) is 0 Å². The van der Waals surface area contributed by atoms with Gasteiger partial charge in [0.05, 0.1) is 13.2 Å². The van der Waals surface area contributed by atoms with Crippen LogP contribution >= 0.6 is 0 Å². The van der Waals surface area contributed by atoms with Crippen molar-refractivity contribution < 1.29 is 13.9 Å². The van der Waals surface area contributed by atoms with Crippen molar-refractivity contribution in [1.29, 1.82) is 0 Å². The number of rotatable bonds is 5. The third-order valence-electron chi connectivity index (χ3n) is 2.79. The topological polar surface area (TPSA) is 44.5 Å². The van der Waals surface area contributed by atoms with Crippen LogP contribution in [0, 0.1) is 5.82 Å². The van der Waals surface area contributed by atoms with Gasteiger partial charge in [0, 0.05) is 5.56 Å². The second-order valence-corrected chi connectivity index (χ2v) is 4.09. The third kappa shape index (κ3) is 3.23. The fourth-order valence-electron chi connectivity index (χ4n) is 1.76. The van der Waals surface area contributed by atoms with Crippen LogP contribution in [0.1, 0.15) is 11.6 Å². The van der Waals surface area contributed by atoms with Crippen molar-refractivity contribution in [3.63, 3.8) is 0 Å². The van der Waals surface area contributed by atoms with Crippen LogP contribution in [-0.4, -0.2) is 13.7 Å². The minimum atomic E-state index is -0.546. The van der Waals surface area contributed by atoms with E-state index in [2.05, 4.69) is 0 Å². The summed E-state index contributed by atoms with van der Waals surface area (Å²) in [6.45, 7) is 0.202. The smallest absolute Gasteiger partial charge is 0.169 e. The maximum atomic E-state index is 14.0. The van der Waals surface area contributed by atoms with Crippen molar-refractivity contribution in [3.8, 4) is 11.5 Å². The van der Waals surface area contributed by atoms with Crippen molar-refractivity contribution in [2.75, 3.05) is 13.7 Å². The molecule has 0 aliphatic heterocycles. The maximum absolute atomic E-state index is 14.0. The molecule has 100 valence electrons. The van der Waals surface area contributed by atoms with Crippen LogP contribution in [0.25, 0.3) is 0 Å². The van der Waals surface area contributed by atoms with Gasteiger partial charge in [-0.15, -0.1) is 0 Å². The molecular formula is C15H16FNO2. The number of ether oxygens (including phenoxy) is 2. The summed E-state index contributed by atoms with van der Waals surface area (Å²) < 4.78 is 24.4. The van der Waals surface area contributed by atoms with Crippen LogP contribution < -0.4 is 15.2 Å². The SMILES string of the molecule is COc1cccc(C(N)COc2ccccc2)c1F. The van der Waals surface area contributed by atoms with E-state index >= 15 is 0 Å². The highest BCUT2D eigenvalue weighted by Crippen LogP contribution is 2.24. The van der Waals surface area contributed by atoms with Gasteiger partial charge in [0.15, 0.2) is 11.6 Å². The summed E-state index contributed by atoms with van der Waals surface area (Å²) in [5, 5.41) is 0. The third-order valence-corrected chi connectivity index (χ3v) is 2.79. The molecule has 3 nitrogen and oxygen atoms in total. The zero-order valence-corrected chi connectivity index (χ0v) is 10.7. The van der Waals surface area contributed by atoms with Gasteiger partial charge in [-0.05, 0) is 18.2 Å². The van der Waals surface area contributed by atoms with Crippen molar-refractivity contribution >= 4 is 0 Å². The molecule has 0 aliphatic rings. The number of halogens is 1. The number of benzene rings is 2. The lowest BCUT2D eigenvalue weighted by Crippen LogP contribution is -2.20. The predicted molar refractivity (Wildman–Crippen MR) is 71.8 cm³/mol. The fourth-order valence-corrected chi connectivity index (χ4v) is 1.76. The normalized spacial score (nSPS) is 11.9. The van der Waals surface area contributed by atoms with Crippen molar-refractivity contribution in [1.82, 2.24) is 0 Å². The molecule has 0 amide bonds. The Morgan fingerprint density at radius 2 is 1.84 bits per heavy atom. The molecule has 2 aromatic carbocycles. The number of hydrogen-bond acceptors (Lipinski definition) is 3. The van der Waals surface area contributed by atoms with E-state index in [0.29, 0.717) is 11.3 Å². The Balaban J connectivity index is 2.06. The quantitative estimate of drug-likeness (QED) is 0.900. The summed E-state index contributed by atoms with van der Waals surface area (Å²) in [7, 11) is 1.42. The monoisotopic (exact) mass is 261 g/mol. The fraction of sp³-hybridized carbons (Fsp3) is 0.200. The summed E-state index contributed by atoms with van der Waals surface area (Å²) >= 11 is 0. The summed E-state index contributed by atoms with van der Waals surface area (Å²) in [6, 6.07) is 13.6. The molecule has 0 saturated carbocycles. The van der Waals surface area contributed by atoms with E-state index in [1.165, 1.54) is 7.11 Å². The van der Waals surface area contributed by atoms with Crippen LogP contribution in [0.5, 0.6) is 11.5 Å². The van der Waals surface area contributed by atoms with Gasteiger partial charge in [-0.2, -0.15) is 0 Å². The number of hydrogen-bond donors (Lipinski definition) is 1. The first-order valence-electron chi connectivity index (χ1n) is 5.98. The van der Waals surface area contributed by atoms with E-state index in [9.17, 15) is 4.39 Å². The predicted octanol–water partition coefficient (Wildman–Crippen LogP) is 2.91. The number of methoxy groups -OCH3 is 1. The first kappa shape index (κ1) is 13.4. The van der Waals surface area contributed by atoms with E-state index in [1.54, 1.807) is 18.2 Å². The lowest BCUT2D eigenvalue weighted by Gasteiger charge is -2.15. The van der Waals surface area contributed by atoms with Gasteiger partial charge in [-0.25, -0.2) is 4.39 Å². The Kier molecular flexibility index (Phi) is 4.36. The summed E-state index contributed by atoms with van der Waals surface area (Å²) in [6.07, 6.45) is 0. The average molecular weight is 261 g/mol. The van der Waals surface area contributed by atoms with Crippen molar-refractivity contribution in [3.05, 3.63) is 59.9 Å². The molecule has 0 fully saturated rings. The molecule has 0 aromatic heterocycles. The Morgan fingerprint density at radius 1 is 1.11 bits per heavy atom. The standard InChI is InChI=1S/C15H16FNO2/c1-18-14-9-5-8-12(15(14)16)13(17)10-19-11-6-3-2-4-7-11/h2-9,13H,10,17H2,1H3. The molecule has 1 atom stereocenters. The van der Waals surface area contributed by atoms with Gasteiger partial charge >= 0.3 is 0 Å². The molecule has 0 aliphatic carbocycles. The van der Waals surface area contributed by atoms with E-state index in [4.69, 9.17) is 15.2 Å². The van der Waals surface area contributed by atoms with E-state index in [0.717, 1.165) is 0 Å². The average Bonchev–Trinajstić information content (AvgIpc) is 2.46. The molecule has 2 aromatic rings. The Bertz CT molecular complexity index is 531. The van der Waals surface area contributed by atoms with Crippen LogP contribution in [0.3, 0.4) is 0 Å². The van der Waals surface area contributed by atoms with Crippen LogP contribution in [0.15, 0.2) is 48.5 Å². The number of nitrogens with two attached hydrogens (primary N) is 1. The minimum Gasteiger partial charge on any atom is -0.494 e. The Morgan fingerprint density at radius 3 is 2.53 bits per heavy atom. The second-order valence-electron chi connectivity index (χ2n) is 4.09. The van der Waals surface area contributed by atoms with Gasteiger partial charge in [0.2, 0.25) is 0 Å². The molecule has 1 unspecified atom stereocenters. The number of para-hydroxylation sites is 1. The Hall–Kier alpha value is -2.07. The molecule has 0 saturated heterocycles. The molecule has 19 heavy (non-hydrogen) atoms. The maximum Gasteiger partial charge on any atom is 0.169 e. The first-order valence-corrected chi connectivity index (χ1v) is 5.98. The molecule has 0 spiro atoms. The van der Waals surface area contributed by atoms with Crippen LogP contribution in [-0.2, 0) is 0 Å². The lowest BCUT2D eigenvalue weighted by atomic mass is 10.1. The van der Waals surface area contributed by atoms with E-state index in [1.807, 2.05) is 30.3 Å². The second kappa shape index (κ2) is 6.20. The zero-order valence-electron chi connectivity index (χ0n) is 10.7. The van der Waals surface area contributed by atoms with Crippen molar-refractivity contribution in [2.45, 2.75) is 6.04 Å². The molecule has 2 N–H and O–H groups in total. The molecule has 0 heterocycles. The van der Waals surface area contributed by atoms with Crippen LogP contribution in [0.2, 0.25) is 0 Å².